The van der Waals surface area contributed by atoms with Gasteiger partial charge in [-0.15, -0.1) is 0 Å². The van der Waals surface area contributed by atoms with E-state index < -0.39 is 0 Å². The first-order chi connectivity index (χ1) is 14.9. The minimum atomic E-state index is -0.0737. The molecule has 31 heavy (non-hydrogen) atoms. The van der Waals surface area contributed by atoms with Gasteiger partial charge in [-0.1, -0.05) is 94.4 Å². The Bertz CT molecular complexity index is 1580. The molecule has 0 unspecified atom stereocenters. The number of para-hydroxylation sites is 1. The summed E-state index contributed by atoms with van der Waals surface area (Å²) in [6.45, 7) is 9.63. The van der Waals surface area contributed by atoms with Crippen molar-refractivity contribution in [3.05, 3.63) is 95.1 Å². The molecule has 0 aliphatic heterocycles. The lowest BCUT2D eigenvalue weighted by atomic mass is 9.72. The number of rotatable bonds is 0. The fraction of sp³-hybridized carbons (Fsp3) is 0.200. The molecule has 2 aliphatic rings. The third-order valence-corrected chi connectivity index (χ3v) is 7.94. The lowest BCUT2D eigenvalue weighted by Crippen LogP contribution is -2.24. The summed E-state index contributed by atoms with van der Waals surface area (Å²) in [4.78, 5) is 3.77. The van der Waals surface area contributed by atoms with Crippen LogP contribution < -0.4 is 0 Å². The first kappa shape index (κ1) is 17.4. The summed E-state index contributed by atoms with van der Waals surface area (Å²) >= 11 is 0. The molecule has 0 spiro atoms. The Labute approximate surface area is 182 Å². The van der Waals surface area contributed by atoms with Crippen LogP contribution in [0.3, 0.4) is 0 Å². The van der Waals surface area contributed by atoms with Crippen LogP contribution >= 0.6 is 0 Å². The standard InChI is InChI=1S/C30H25N/c1-29(2)23-11-7-5-9-17(23)19-13-14-20-21-15-16-22-18-10-6-8-12-24(18)31-28(22)27(21)30(3,4)26(20)25(19)29/h5-16,31H,1-4H3. The predicted octanol–water partition coefficient (Wildman–Crippen LogP) is 7.93. The van der Waals surface area contributed by atoms with Crippen molar-refractivity contribution in [1.29, 1.82) is 0 Å². The third-order valence-electron chi connectivity index (χ3n) is 7.94. The van der Waals surface area contributed by atoms with Crippen LogP contribution in [0.5, 0.6) is 0 Å². The van der Waals surface area contributed by atoms with Gasteiger partial charge in [0.2, 0.25) is 0 Å². The second-order valence-electron chi connectivity index (χ2n) is 10.3. The van der Waals surface area contributed by atoms with Crippen molar-refractivity contribution in [1.82, 2.24) is 4.98 Å². The quantitative estimate of drug-likeness (QED) is 0.272. The van der Waals surface area contributed by atoms with Gasteiger partial charge in [-0.3, -0.25) is 0 Å². The normalized spacial score (nSPS) is 16.9. The van der Waals surface area contributed by atoms with E-state index in [0.717, 1.165) is 0 Å². The fourth-order valence-corrected chi connectivity index (χ4v) is 6.66. The molecule has 5 aromatic rings. The van der Waals surface area contributed by atoms with Crippen molar-refractivity contribution in [2.45, 2.75) is 38.5 Å². The van der Waals surface area contributed by atoms with Crippen LogP contribution in [0.15, 0.2) is 72.8 Å². The molecular formula is C30H25N. The largest absolute Gasteiger partial charge is 0.354 e. The van der Waals surface area contributed by atoms with Crippen molar-refractivity contribution in [3.8, 4) is 22.3 Å². The second-order valence-corrected chi connectivity index (χ2v) is 10.3. The molecule has 1 heterocycles. The van der Waals surface area contributed by atoms with Crippen LogP contribution in [0.25, 0.3) is 44.1 Å². The Balaban J connectivity index is 1.61. The highest BCUT2D eigenvalue weighted by molar-refractivity contribution is 6.11. The average Bonchev–Trinajstić information content (AvgIpc) is 3.33. The molecule has 0 amide bonds. The van der Waals surface area contributed by atoms with Crippen molar-refractivity contribution >= 4 is 21.8 Å². The molecule has 0 saturated carbocycles. The molecule has 1 N–H and O–H groups in total. The molecule has 0 bridgehead atoms. The first-order valence-electron chi connectivity index (χ1n) is 11.2. The predicted molar refractivity (Wildman–Crippen MR) is 131 cm³/mol. The van der Waals surface area contributed by atoms with Crippen LogP contribution in [0.2, 0.25) is 0 Å². The summed E-state index contributed by atoms with van der Waals surface area (Å²) in [6.07, 6.45) is 0. The average molecular weight is 400 g/mol. The number of fused-ring (bicyclic) bond motifs is 11. The monoisotopic (exact) mass is 399 g/mol. The second kappa shape index (κ2) is 5.29. The Hall–Kier alpha value is -3.32. The van der Waals surface area contributed by atoms with Crippen molar-refractivity contribution in [2.24, 2.45) is 0 Å². The van der Waals surface area contributed by atoms with E-state index >= 15 is 0 Å². The van der Waals surface area contributed by atoms with E-state index in [4.69, 9.17) is 0 Å². The maximum Gasteiger partial charge on any atom is 0.0512 e. The van der Waals surface area contributed by atoms with E-state index in [1.807, 2.05) is 0 Å². The van der Waals surface area contributed by atoms with Gasteiger partial charge in [0.15, 0.2) is 0 Å². The number of aromatic nitrogens is 1. The number of aromatic amines is 1. The maximum atomic E-state index is 3.77. The fourth-order valence-electron chi connectivity index (χ4n) is 6.66. The molecule has 0 radical (unpaired) electrons. The first-order valence-corrected chi connectivity index (χ1v) is 11.2. The van der Waals surface area contributed by atoms with Gasteiger partial charge in [-0.05, 0) is 50.6 Å². The highest BCUT2D eigenvalue weighted by Crippen LogP contribution is 2.59. The molecule has 1 heteroatoms. The van der Waals surface area contributed by atoms with Crippen LogP contribution in [-0.4, -0.2) is 4.98 Å². The molecule has 0 atom stereocenters. The smallest absolute Gasteiger partial charge is 0.0512 e. The maximum absolute atomic E-state index is 3.77. The summed E-state index contributed by atoms with van der Waals surface area (Å²) in [5, 5.41) is 2.64. The summed E-state index contributed by atoms with van der Waals surface area (Å²) in [6, 6.07) is 27.0. The van der Waals surface area contributed by atoms with E-state index in [2.05, 4.69) is 105 Å². The van der Waals surface area contributed by atoms with E-state index in [9.17, 15) is 0 Å². The van der Waals surface area contributed by atoms with Crippen LogP contribution in [0.1, 0.15) is 49.9 Å². The topological polar surface area (TPSA) is 15.8 Å². The van der Waals surface area contributed by atoms with Gasteiger partial charge in [0.25, 0.3) is 0 Å². The highest BCUT2D eigenvalue weighted by Gasteiger charge is 2.46. The van der Waals surface area contributed by atoms with Gasteiger partial charge in [-0.2, -0.15) is 0 Å². The Morgan fingerprint density at radius 2 is 1.13 bits per heavy atom. The zero-order valence-corrected chi connectivity index (χ0v) is 18.4. The Morgan fingerprint density at radius 3 is 1.97 bits per heavy atom. The number of benzene rings is 4. The van der Waals surface area contributed by atoms with Gasteiger partial charge in [0.05, 0.1) is 5.52 Å². The van der Waals surface area contributed by atoms with Crippen molar-refractivity contribution in [3.63, 3.8) is 0 Å². The van der Waals surface area contributed by atoms with E-state index in [1.165, 1.54) is 66.3 Å². The molecule has 150 valence electrons. The van der Waals surface area contributed by atoms with E-state index in [0.29, 0.717) is 0 Å². The molecule has 0 saturated heterocycles. The van der Waals surface area contributed by atoms with Crippen LogP contribution in [0, 0.1) is 0 Å². The van der Waals surface area contributed by atoms with Crippen molar-refractivity contribution in [2.75, 3.05) is 0 Å². The summed E-state index contributed by atoms with van der Waals surface area (Å²) in [7, 11) is 0. The summed E-state index contributed by atoms with van der Waals surface area (Å²) in [5.41, 5.74) is 13.9. The van der Waals surface area contributed by atoms with Crippen LogP contribution in [0.4, 0.5) is 0 Å². The molecule has 1 aromatic heterocycles. The highest BCUT2D eigenvalue weighted by atomic mass is 14.7. The molecule has 2 aliphatic carbocycles. The van der Waals surface area contributed by atoms with E-state index in [1.54, 1.807) is 0 Å². The van der Waals surface area contributed by atoms with Gasteiger partial charge < -0.3 is 4.98 Å². The zero-order chi connectivity index (χ0) is 21.1. The van der Waals surface area contributed by atoms with Crippen LogP contribution in [-0.2, 0) is 10.8 Å². The van der Waals surface area contributed by atoms with Gasteiger partial charge in [0.1, 0.15) is 0 Å². The number of nitrogens with one attached hydrogen (secondary N) is 1. The number of hydrogen-bond acceptors (Lipinski definition) is 0. The molecule has 7 rings (SSSR count). The van der Waals surface area contributed by atoms with Gasteiger partial charge >= 0.3 is 0 Å². The number of H-pyrrole nitrogens is 1. The third kappa shape index (κ3) is 1.89. The molecule has 1 nitrogen and oxygen atoms in total. The Morgan fingerprint density at radius 1 is 0.516 bits per heavy atom. The molecule has 4 aromatic carbocycles. The minimum Gasteiger partial charge on any atom is -0.354 e. The number of hydrogen-bond donors (Lipinski definition) is 1. The molecular weight excluding hydrogens is 374 g/mol. The van der Waals surface area contributed by atoms with E-state index in [-0.39, 0.29) is 10.8 Å². The van der Waals surface area contributed by atoms with Crippen molar-refractivity contribution < 1.29 is 0 Å². The Kier molecular flexibility index (Phi) is 2.96. The summed E-state index contributed by atoms with van der Waals surface area (Å²) in [5.74, 6) is 0. The summed E-state index contributed by atoms with van der Waals surface area (Å²) < 4.78 is 0. The van der Waals surface area contributed by atoms with Gasteiger partial charge in [-0.25, -0.2) is 0 Å². The molecule has 0 fully saturated rings. The lowest BCUT2D eigenvalue weighted by Gasteiger charge is -2.30. The zero-order valence-electron chi connectivity index (χ0n) is 18.4. The SMILES string of the molecule is CC1(C)c2ccccc2-c2ccc3c(c21)C(C)(C)c1c-3ccc2c1[nH]c1ccccc12. The lowest BCUT2D eigenvalue weighted by molar-refractivity contribution is 0.603. The van der Waals surface area contributed by atoms with Gasteiger partial charge in [0, 0.05) is 27.1 Å². The minimum absolute atomic E-state index is 0.00382.